The maximum atomic E-state index is 3.56. The van der Waals surface area contributed by atoms with Crippen LogP contribution in [-0.2, 0) is 0 Å². The molecule has 17 heavy (non-hydrogen) atoms. The quantitative estimate of drug-likeness (QED) is 0.572. The third-order valence-corrected chi connectivity index (χ3v) is 3.82. The SMILES string of the molecule is CCCNCCCNCCCC1CCCCC1. The maximum Gasteiger partial charge on any atom is -0.00368 e. The third kappa shape index (κ3) is 8.62. The standard InChI is InChI=1S/C15H32N2/c1-2-11-16-13-7-14-17-12-6-10-15-8-4-3-5-9-15/h15-17H,2-14H2,1H3. The van der Waals surface area contributed by atoms with Gasteiger partial charge >= 0.3 is 0 Å². The summed E-state index contributed by atoms with van der Waals surface area (Å²) < 4.78 is 0. The first-order valence-electron chi connectivity index (χ1n) is 7.85. The van der Waals surface area contributed by atoms with E-state index in [0.717, 1.165) is 5.92 Å². The van der Waals surface area contributed by atoms with Gasteiger partial charge in [-0.05, 0) is 57.8 Å². The minimum Gasteiger partial charge on any atom is -0.317 e. The van der Waals surface area contributed by atoms with E-state index in [-0.39, 0.29) is 0 Å². The summed E-state index contributed by atoms with van der Waals surface area (Å²) in [6.45, 7) is 6.97. The van der Waals surface area contributed by atoms with Crippen LogP contribution in [0.25, 0.3) is 0 Å². The molecular weight excluding hydrogens is 208 g/mol. The minimum atomic E-state index is 1.05. The molecule has 2 N–H and O–H groups in total. The van der Waals surface area contributed by atoms with Crippen LogP contribution in [0.4, 0.5) is 0 Å². The van der Waals surface area contributed by atoms with Crippen LogP contribution >= 0.6 is 0 Å². The summed E-state index contributed by atoms with van der Waals surface area (Å²) in [5.41, 5.74) is 0. The predicted molar refractivity (Wildman–Crippen MR) is 76.5 cm³/mol. The summed E-state index contributed by atoms with van der Waals surface area (Å²) in [6, 6.07) is 0. The Hall–Kier alpha value is -0.0800. The molecule has 0 saturated heterocycles. The Balaban J connectivity index is 1.75. The molecule has 1 rings (SSSR count). The molecule has 0 heterocycles. The molecule has 1 fully saturated rings. The maximum absolute atomic E-state index is 3.56. The van der Waals surface area contributed by atoms with Gasteiger partial charge in [0.25, 0.3) is 0 Å². The molecule has 1 aliphatic rings. The molecule has 0 unspecified atom stereocenters. The molecule has 2 heteroatoms. The Morgan fingerprint density at radius 1 is 0.824 bits per heavy atom. The molecular formula is C15H32N2. The van der Waals surface area contributed by atoms with Gasteiger partial charge in [0.2, 0.25) is 0 Å². The van der Waals surface area contributed by atoms with E-state index in [2.05, 4.69) is 17.6 Å². The highest BCUT2D eigenvalue weighted by molar-refractivity contribution is 4.66. The predicted octanol–water partition coefficient (Wildman–Crippen LogP) is 3.33. The van der Waals surface area contributed by atoms with E-state index in [1.807, 2.05) is 0 Å². The highest BCUT2D eigenvalue weighted by atomic mass is 14.9. The molecule has 0 radical (unpaired) electrons. The van der Waals surface area contributed by atoms with Gasteiger partial charge in [-0.3, -0.25) is 0 Å². The second kappa shape index (κ2) is 11.0. The van der Waals surface area contributed by atoms with Gasteiger partial charge in [0.15, 0.2) is 0 Å². The number of hydrogen-bond acceptors (Lipinski definition) is 2. The summed E-state index contributed by atoms with van der Waals surface area (Å²) in [5, 5.41) is 7.00. The van der Waals surface area contributed by atoms with Gasteiger partial charge in [-0.15, -0.1) is 0 Å². The van der Waals surface area contributed by atoms with Gasteiger partial charge in [-0.25, -0.2) is 0 Å². The molecule has 0 aliphatic heterocycles. The molecule has 0 atom stereocenters. The van der Waals surface area contributed by atoms with Gasteiger partial charge in [0.05, 0.1) is 0 Å². The number of rotatable bonds is 10. The lowest BCUT2D eigenvalue weighted by Gasteiger charge is -2.21. The lowest BCUT2D eigenvalue weighted by atomic mass is 9.86. The second-order valence-electron chi connectivity index (χ2n) is 5.50. The molecule has 0 aromatic heterocycles. The van der Waals surface area contributed by atoms with E-state index in [1.54, 1.807) is 0 Å². The monoisotopic (exact) mass is 240 g/mol. The topological polar surface area (TPSA) is 24.1 Å². The van der Waals surface area contributed by atoms with Crippen molar-refractivity contribution in [1.82, 2.24) is 10.6 Å². The van der Waals surface area contributed by atoms with Crippen LogP contribution in [0.3, 0.4) is 0 Å². The number of hydrogen-bond donors (Lipinski definition) is 2. The molecule has 2 nitrogen and oxygen atoms in total. The van der Waals surface area contributed by atoms with E-state index in [9.17, 15) is 0 Å². The third-order valence-electron chi connectivity index (χ3n) is 3.82. The number of nitrogens with one attached hydrogen (secondary N) is 2. The van der Waals surface area contributed by atoms with Gasteiger partial charge < -0.3 is 10.6 Å². The molecule has 0 aromatic rings. The van der Waals surface area contributed by atoms with Crippen molar-refractivity contribution in [1.29, 1.82) is 0 Å². The summed E-state index contributed by atoms with van der Waals surface area (Å²) in [4.78, 5) is 0. The molecule has 1 saturated carbocycles. The van der Waals surface area contributed by atoms with E-state index in [0.29, 0.717) is 0 Å². The van der Waals surface area contributed by atoms with Gasteiger partial charge in [-0.2, -0.15) is 0 Å². The minimum absolute atomic E-state index is 1.05. The van der Waals surface area contributed by atoms with Crippen LogP contribution in [0.2, 0.25) is 0 Å². The fraction of sp³-hybridized carbons (Fsp3) is 1.00. The first kappa shape index (κ1) is 15.0. The van der Waals surface area contributed by atoms with E-state index < -0.39 is 0 Å². The van der Waals surface area contributed by atoms with Crippen molar-refractivity contribution in [3.05, 3.63) is 0 Å². The first-order valence-corrected chi connectivity index (χ1v) is 7.85. The zero-order valence-corrected chi connectivity index (χ0v) is 11.8. The van der Waals surface area contributed by atoms with Crippen LogP contribution in [0, 0.1) is 5.92 Å². The summed E-state index contributed by atoms with van der Waals surface area (Å²) >= 11 is 0. The Bertz CT molecular complexity index is 153. The van der Waals surface area contributed by atoms with Crippen molar-refractivity contribution in [2.75, 3.05) is 26.2 Å². The lowest BCUT2D eigenvalue weighted by Crippen LogP contribution is -2.23. The molecule has 0 spiro atoms. The average molecular weight is 240 g/mol. The molecule has 0 bridgehead atoms. The van der Waals surface area contributed by atoms with Crippen molar-refractivity contribution >= 4 is 0 Å². The first-order chi connectivity index (χ1) is 8.43. The van der Waals surface area contributed by atoms with Crippen molar-refractivity contribution in [3.63, 3.8) is 0 Å². The van der Waals surface area contributed by atoms with Crippen molar-refractivity contribution < 1.29 is 0 Å². The van der Waals surface area contributed by atoms with Crippen molar-refractivity contribution in [2.45, 2.75) is 64.7 Å². The Morgan fingerprint density at radius 3 is 2.18 bits per heavy atom. The zero-order chi connectivity index (χ0) is 12.2. The van der Waals surface area contributed by atoms with E-state index >= 15 is 0 Å². The van der Waals surface area contributed by atoms with Gasteiger partial charge in [0, 0.05) is 0 Å². The zero-order valence-electron chi connectivity index (χ0n) is 11.8. The van der Waals surface area contributed by atoms with Crippen LogP contribution < -0.4 is 10.6 Å². The molecule has 0 amide bonds. The fourth-order valence-electron chi connectivity index (χ4n) is 2.76. The van der Waals surface area contributed by atoms with Crippen LogP contribution in [-0.4, -0.2) is 26.2 Å². The van der Waals surface area contributed by atoms with Gasteiger partial charge in [0.1, 0.15) is 0 Å². The molecule has 102 valence electrons. The molecule has 0 aromatic carbocycles. The Kier molecular flexibility index (Phi) is 9.72. The summed E-state index contributed by atoms with van der Waals surface area (Å²) in [7, 11) is 0. The average Bonchev–Trinajstić information content (AvgIpc) is 2.38. The largest absolute Gasteiger partial charge is 0.317 e. The second-order valence-corrected chi connectivity index (χ2v) is 5.50. The highest BCUT2D eigenvalue weighted by Crippen LogP contribution is 2.26. The van der Waals surface area contributed by atoms with Gasteiger partial charge in [-0.1, -0.05) is 39.0 Å². The van der Waals surface area contributed by atoms with Crippen molar-refractivity contribution in [3.8, 4) is 0 Å². The fourth-order valence-corrected chi connectivity index (χ4v) is 2.76. The smallest absolute Gasteiger partial charge is 0.00368 e. The van der Waals surface area contributed by atoms with E-state index in [1.165, 1.54) is 84.0 Å². The summed E-state index contributed by atoms with van der Waals surface area (Å²) in [5.74, 6) is 1.05. The normalized spacial score (nSPS) is 17.5. The van der Waals surface area contributed by atoms with Crippen LogP contribution in [0.15, 0.2) is 0 Å². The molecule has 1 aliphatic carbocycles. The van der Waals surface area contributed by atoms with Crippen LogP contribution in [0.1, 0.15) is 64.7 Å². The highest BCUT2D eigenvalue weighted by Gasteiger charge is 2.12. The Labute approximate surface area is 108 Å². The summed E-state index contributed by atoms with van der Waals surface area (Å²) in [6.07, 6.45) is 12.8. The Morgan fingerprint density at radius 2 is 1.47 bits per heavy atom. The van der Waals surface area contributed by atoms with Crippen LogP contribution in [0.5, 0.6) is 0 Å². The van der Waals surface area contributed by atoms with E-state index in [4.69, 9.17) is 0 Å². The lowest BCUT2D eigenvalue weighted by molar-refractivity contribution is 0.330. The van der Waals surface area contributed by atoms with Crippen molar-refractivity contribution in [2.24, 2.45) is 5.92 Å².